The van der Waals surface area contributed by atoms with Crippen LogP contribution in [0.4, 0.5) is 4.39 Å². The van der Waals surface area contributed by atoms with Crippen molar-refractivity contribution < 1.29 is 24.2 Å². The van der Waals surface area contributed by atoms with Gasteiger partial charge in [-0.15, -0.1) is 0 Å². The summed E-state index contributed by atoms with van der Waals surface area (Å²) in [4.78, 5) is 38.5. The molecule has 7 nitrogen and oxygen atoms in total. The Hall–Kier alpha value is -2.71. The van der Waals surface area contributed by atoms with Crippen LogP contribution < -0.4 is 10.7 Å². The van der Waals surface area contributed by atoms with Crippen molar-refractivity contribution in [3.8, 4) is 5.75 Å². The van der Waals surface area contributed by atoms with Gasteiger partial charge < -0.3 is 20.1 Å². The summed E-state index contributed by atoms with van der Waals surface area (Å²) in [6, 6.07) is 3.96. The van der Waals surface area contributed by atoms with Gasteiger partial charge in [0, 0.05) is 12.7 Å². The van der Waals surface area contributed by atoms with Gasteiger partial charge in [0.25, 0.3) is 5.91 Å². The topological polar surface area (TPSA) is 109 Å². The number of ketones is 1. The monoisotopic (exact) mass is 448 g/mol. The highest BCUT2D eigenvalue weighted by molar-refractivity contribution is 6.30. The predicted molar refractivity (Wildman–Crippen MR) is 111 cm³/mol. The molecule has 2 aromatic rings. The molecule has 2 heterocycles. The van der Waals surface area contributed by atoms with E-state index in [-0.39, 0.29) is 29.4 Å². The molecular weight excluding hydrogens is 427 g/mol. The van der Waals surface area contributed by atoms with Crippen molar-refractivity contribution in [2.24, 2.45) is 5.41 Å². The minimum Gasteiger partial charge on any atom is -0.503 e. The molecule has 1 aliphatic carbocycles. The molecule has 3 N–H and O–H groups in total. The third-order valence-electron chi connectivity index (χ3n) is 6.63. The number of carbonyl (C=O) groups excluding carboxylic acids is 2. The van der Waals surface area contributed by atoms with Gasteiger partial charge in [-0.3, -0.25) is 14.4 Å². The molecule has 2 atom stereocenters. The van der Waals surface area contributed by atoms with Crippen molar-refractivity contribution >= 4 is 23.3 Å². The molecule has 1 saturated carbocycles. The number of aromatic hydroxyl groups is 1. The Morgan fingerprint density at radius 1 is 1.29 bits per heavy atom. The predicted octanol–water partition coefficient (Wildman–Crippen LogP) is 2.78. The number of rotatable bonds is 3. The lowest BCUT2D eigenvalue weighted by Gasteiger charge is -2.51. The molecule has 0 unspecified atom stereocenters. The first-order valence-corrected chi connectivity index (χ1v) is 10.4. The van der Waals surface area contributed by atoms with E-state index < -0.39 is 39.7 Å². The summed E-state index contributed by atoms with van der Waals surface area (Å²) in [6.07, 6.45) is 3.60. The summed E-state index contributed by atoms with van der Waals surface area (Å²) in [6.45, 7) is 1.63. The number of halogens is 2. The number of nitrogens with zero attached hydrogens (tertiary/aromatic N) is 1. The molecule has 1 aliphatic heterocycles. The van der Waals surface area contributed by atoms with Crippen LogP contribution in [0.2, 0.25) is 5.02 Å². The first-order valence-electron chi connectivity index (χ1n) is 10.0. The maximum absolute atomic E-state index is 13.3. The zero-order valence-corrected chi connectivity index (χ0v) is 17.6. The molecule has 0 saturated heterocycles. The molecule has 164 valence electrons. The minimum absolute atomic E-state index is 0.00768. The second kappa shape index (κ2) is 7.46. The standard InChI is InChI=1S/C22H22ClFN2O5/c1-21-6-2-3-7-22(21,31)11-26-10-13(17(27)18(28)16(26)19(21)29)20(30)25-9-12-4-5-15(24)14(23)8-12/h4-5,8,10,28,31H,2-3,6-7,9,11H2,1H3,(H,25,30)/t21-,22-/m0/s1. The first-order chi connectivity index (χ1) is 14.6. The van der Waals surface area contributed by atoms with E-state index in [0.717, 1.165) is 18.9 Å². The molecular formula is C22H22ClFN2O5. The van der Waals surface area contributed by atoms with Crippen molar-refractivity contribution in [3.05, 3.63) is 62.3 Å². The zero-order chi connectivity index (χ0) is 22.6. The zero-order valence-electron chi connectivity index (χ0n) is 16.9. The SMILES string of the molecule is C[C@@]12CCCC[C@]1(O)Cn1cc(C(=O)NCc3ccc(F)c(Cl)c3)c(=O)c(O)c1C2=O. The van der Waals surface area contributed by atoms with Crippen LogP contribution in [-0.4, -0.2) is 32.1 Å². The van der Waals surface area contributed by atoms with E-state index in [4.69, 9.17) is 11.6 Å². The van der Waals surface area contributed by atoms with Gasteiger partial charge in [0.15, 0.2) is 11.5 Å². The van der Waals surface area contributed by atoms with Crippen molar-refractivity contribution in [1.29, 1.82) is 0 Å². The Balaban J connectivity index is 1.67. The largest absolute Gasteiger partial charge is 0.503 e. The van der Waals surface area contributed by atoms with Crippen LogP contribution >= 0.6 is 11.6 Å². The maximum Gasteiger partial charge on any atom is 0.257 e. The molecule has 1 fully saturated rings. The van der Waals surface area contributed by atoms with Crippen molar-refractivity contribution in [1.82, 2.24) is 9.88 Å². The number of Topliss-reactive ketones (excluding diaryl/α,β-unsaturated/α-hetero) is 1. The van der Waals surface area contributed by atoms with Gasteiger partial charge in [-0.1, -0.05) is 30.5 Å². The van der Waals surface area contributed by atoms with E-state index in [2.05, 4.69) is 5.32 Å². The fraction of sp³-hybridized carbons (Fsp3) is 0.409. The fourth-order valence-corrected chi connectivity index (χ4v) is 4.83. The second-order valence-corrected chi connectivity index (χ2v) is 8.94. The number of fused-ring (bicyclic) bond motifs is 2. The number of hydrogen-bond acceptors (Lipinski definition) is 5. The van der Waals surface area contributed by atoms with Gasteiger partial charge in [0.2, 0.25) is 5.43 Å². The van der Waals surface area contributed by atoms with Gasteiger partial charge >= 0.3 is 0 Å². The Morgan fingerprint density at radius 2 is 2.00 bits per heavy atom. The molecule has 1 amide bonds. The van der Waals surface area contributed by atoms with Crippen LogP contribution in [0.3, 0.4) is 0 Å². The number of benzene rings is 1. The average molecular weight is 449 g/mol. The molecule has 0 bridgehead atoms. The molecule has 4 rings (SSSR count). The van der Waals surface area contributed by atoms with Gasteiger partial charge in [-0.05, 0) is 37.5 Å². The third kappa shape index (κ3) is 3.34. The third-order valence-corrected chi connectivity index (χ3v) is 6.92. The average Bonchev–Trinajstić information content (AvgIpc) is 2.72. The highest BCUT2D eigenvalue weighted by Crippen LogP contribution is 2.50. The minimum atomic E-state index is -1.32. The summed E-state index contributed by atoms with van der Waals surface area (Å²) in [7, 11) is 0. The van der Waals surface area contributed by atoms with Crippen molar-refractivity contribution in [2.45, 2.75) is 51.3 Å². The number of aliphatic hydroxyl groups is 1. The number of carbonyl (C=O) groups is 2. The number of pyridine rings is 1. The molecule has 31 heavy (non-hydrogen) atoms. The van der Waals surface area contributed by atoms with Crippen LogP contribution in [0.15, 0.2) is 29.2 Å². The van der Waals surface area contributed by atoms with Crippen LogP contribution in [0, 0.1) is 11.2 Å². The number of amides is 1. The quantitative estimate of drug-likeness (QED) is 0.669. The van der Waals surface area contributed by atoms with Crippen LogP contribution in [-0.2, 0) is 13.1 Å². The first kappa shape index (κ1) is 21.5. The Labute approximate surface area is 182 Å². The fourth-order valence-electron chi connectivity index (χ4n) is 4.63. The summed E-state index contributed by atoms with van der Waals surface area (Å²) in [5.74, 6) is -2.65. The molecule has 2 aliphatic rings. The molecule has 0 radical (unpaired) electrons. The lowest BCUT2D eigenvalue weighted by atomic mass is 9.59. The highest BCUT2D eigenvalue weighted by atomic mass is 35.5. The number of nitrogens with one attached hydrogen (secondary N) is 1. The number of hydrogen-bond donors (Lipinski definition) is 3. The lowest BCUT2D eigenvalue weighted by Crippen LogP contribution is -2.60. The molecule has 1 aromatic carbocycles. The van der Waals surface area contributed by atoms with Crippen molar-refractivity contribution in [3.63, 3.8) is 0 Å². The van der Waals surface area contributed by atoms with E-state index in [1.54, 1.807) is 6.92 Å². The lowest BCUT2D eigenvalue weighted by molar-refractivity contribution is -0.104. The summed E-state index contributed by atoms with van der Waals surface area (Å²) < 4.78 is 14.6. The molecule has 1 aromatic heterocycles. The van der Waals surface area contributed by atoms with E-state index in [1.807, 2.05) is 0 Å². The van der Waals surface area contributed by atoms with E-state index in [0.29, 0.717) is 18.4 Å². The Bertz CT molecular complexity index is 1160. The van der Waals surface area contributed by atoms with E-state index >= 15 is 0 Å². The normalized spacial score (nSPS) is 25.0. The maximum atomic E-state index is 13.3. The summed E-state index contributed by atoms with van der Waals surface area (Å²) in [5, 5.41) is 24.2. The van der Waals surface area contributed by atoms with E-state index in [9.17, 15) is 29.0 Å². The van der Waals surface area contributed by atoms with Gasteiger partial charge in [-0.2, -0.15) is 0 Å². The van der Waals surface area contributed by atoms with Crippen molar-refractivity contribution in [2.75, 3.05) is 0 Å². The highest BCUT2D eigenvalue weighted by Gasteiger charge is 2.57. The summed E-state index contributed by atoms with van der Waals surface area (Å²) >= 11 is 5.74. The van der Waals surface area contributed by atoms with Gasteiger partial charge in [0.05, 0.1) is 22.6 Å². The van der Waals surface area contributed by atoms with Crippen LogP contribution in [0.25, 0.3) is 0 Å². The van der Waals surface area contributed by atoms with Crippen LogP contribution in [0.5, 0.6) is 5.75 Å². The number of aromatic nitrogens is 1. The van der Waals surface area contributed by atoms with Gasteiger partial charge in [0.1, 0.15) is 17.1 Å². The smallest absolute Gasteiger partial charge is 0.257 e. The van der Waals surface area contributed by atoms with E-state index in [1.165, 1.54) is 22.9 Å². The van der Waals surface area contributed by atoms with Crippen LogP contribution in [0.1, 0.15) is 59.0 Å². The Kier molecular flexibility index (Phi) is 5.18. The second-order valence-electron chi connectivity index (χ2n) is 8.53. The van der Waals surface area contributed by atoms with Gasteiger partial charge in [-0.25, -0.2) is 4.39 Å². The summed E-state index contributed by atoms with van der Waals surface area (Å²) in [5.41, 5.74) is -3.40. The Morgan fingerprint density at radius 3 is 2.71 bits per heavy atom. The molecule has 9 heteroatoms. The molecule has 0 spiro atoms.